The smallest absolute Gasteiger partial charge is 0.407 e. The molecule has 2 amide bonds. The summed E-state index contributed by atoms with van der Waals surface area (Å²) in [5.74, 6) is -0.110. The molecule has 32 heavy (non-hydrogen) atoms. The highest BCUT2D eigenvalue weighted by Crippen LogP contribution is 2.15. The van der Waals surface area contributed by atoms with Crippen LogP contribution in [0.25, 0.3) is 0 Å². The third-order valence-corrected chi connectivity index (χ3v) is 7.07. The summed E-state index contributed by atoms with van der Waals surface area (Å²) < 4.78 is 23.3. The van der Waals surface area contributed by atoms with Crippen LogP contribution in [-0.2, 0) is 21.1 Å². The monoisotopic (exact) mass is 467 g/mol. The number of carbonyl (C=O) groups is 2. The Balaban J connectivity index is 1.82. The molecule has 1 aromatic carbocycles. The predicted molar refractivity (Wildman–Crippen MR) is 125 cm³/mol. The van der Waals surface area contributed by atoms with E-state index in [0.717, 1.165) is 44.3 Å². The van der Waals surface area contributed by atoms with Crippen molar-refractivity contribution in [2.75, 3.05) is 45.5 Å². The fraction of sp³-hybridized carbons (Fsp3) is 0.652. The Bertz CT molecular complexity index is 857. The van der Waals surface area contributed by atoms with Gasteiger partial charge in [0.2, 0.25) is 5.91 Å². The molecular weight excluding hydrogens is 430 g/mol. The van der Waals surface area contributed by atoms with Gasteiger partial charge >= 0.3 is 6.09 Å². The summed E-state index contributed by atoms with van der Waals surface area (Å²) in [4.78, 5) is 29.2. The summed E-state index contributed by atoms with van der Waals surface area (Å²) in [6.07, 6.45) is 4.60. The minimum Gasteiger partial charge on any atom is -0.465 e. The molecule has 0 bridgehead atoms. The standard InChI is InChI=1S/C23H37N3O5S/c1-4-12-24(19(2)17-20-8-10-21(11-9-20)32(3,30)31)13-5-6-14-25-15-7-16-26(23(28)29)18-22(25)27/h8-11,19H,4-7,12-18H2,1-3H3,(H,28,29)/t19-/m0/s1. The minimum atomic E-state index is -3.18. The van der Waals surface area contributed by atoms with E-state index in [1.807, 2.05) is 12.1 Å². The Labute approximate surface area is 192 Å². The fourth-order valence-corrected chi connectivity index (χ4v) is 4.75. The maximum absolute atomic E-state index is 12.3. The van der Waals surface area contributed by atoms with Crippen molar-refractivity contribution in [2.45, 2.75) is 56.9 Å². The SMILES string of the molecule is CCCN(CCCCN1CCCN(C(=O)O)CC1=O)[C@@H](C)Cc1ccc(S(C)(=O)=O)cc1. The molecule has 1 fully saturated rings. The van der Waals surface area contributed by atoms with Gasteiger partial charge in [-0.05, 0) is 69.8 Å². The number of unbranched alkanes of at least 4 members (excludes halogenated alkanes) is 1. The molecule has 0 radical (unpaired) electrons. The number of carboxylic acid groups (broad SMARTS) is 1. The van der Waals surface area contributed by atoms with Crippen LogP contribution < -0.4 is 0 Å². The van der Waals surface area contributed by atoms with Crippen LogP contribution in [0.1, 0.15) is 45.1 Å². The topological polar surface area (TPSA) is 98.2 Å². The first-order chi connectivity index (χ1) is 15.1. The van der Waals surface area contributed by atoms with E-state index in [1.165, 1.54) is 11.2 Å². The van der Waals surface area contributed by atoms with Gasteiger partial charge in [-0.1, -0.05) is 19.1 Å². The Hall–Kier alpha value is -2.13. The van der Waals surface area contributed by atoms with Gasteiger partial charge in [0.15, 0.2) is 9.84 Å². The summed E-state index contributed by atoms with van der Waals surface area (Å²) in [5.41, 5.74) is 1.11. The maximum atomic E-state index is 12.3. The number of rotatable bonds is 11. The number of sulfone groups is 1. The summed E-state index contributed by atoms with van der Waals surface area (Å²) in [6.45, 7) is 7.90. The van der Waals surface area contributed by atoms with Crippen LogP contribution in [0, 0.1) is 0 Å². The molecule has 0 unspecified atom stereocenters. The highest BCUT2D eigenvalue weighted by molar-refractivity contribution is 7.90. The highest BCUT2D eigenvalue weighted by Gasteiger charge is 2.24. The van der Waals surface area contributed by atoms with Crippen LogP contribution in [0.3, 0.4) is 0 Å². The average molecular weight is 468 g/mol. The van der Waals surface area contributed by atoms with Crippen molar-refractivity contribution >= 4 is 21.8 Å². The van der Waals surface area contributed by atoms with E-state index in [4.69, 9.17) is 5.11 Å². The van der Waals surface area contributed by atoms with Crippen molar-refractivity contribution in [3.8, 4) is 0 Å². The first-order valence-corrected chi connectivity index (χ1v) is 13.3. The molecule has 1 aliphatic rings. The van der Waals surface area contributed by atoms with Crippen LogP contribution in [-0.4, -0.2) is 91.8 Å². The third-order valence-electron chi connectivity index (χ3n) is 5.95. The summed E-state index contributed by atoms with van der Waals surface area (Å²) in [7, 11) is -3.18. The molecule has 1 saturated heterocycles. The Kier molecular flexibility index (Phi) is 9.96. The molecule has 1 atom stereocenters. The number of nitrogens with zero attached hydrogens (tertiary/aromatic N) is 3. The van der Waals surface area contributed by atoms with Crippen molar-refractivity contribution in [3.63, 3.8) is 0 Å². The van der Waals surface area contributed by atoms with Crippen LogP contribution in [0.15, 0.2) is 29.2 Å². The van der Waals surface area contributed by atoms with E-state index in [2.05, 4.69) is 18.7 Å². The van der Waals surface area contributed by atoms with Crippen molar-refractivity contribution in [3.05, 3.63) is 29.8 Å². The van der Waals surface area contributed by atoms with Crippen molar-refractivity contribution < 1.29 is 23.1 Å². The molecule has 2 rings (SSSR count). The number of carbonyl (C=O) groups excluding carboxylic acids is 1. The molecule has 1 aromatic rings. The molecule has 1 N–H and O–H groups in total. The molecule has 0 spiro atoms. The van der Waals surface area contributed by atoms with E-state index in [9.17, 15) is 18.0 Å². The zero-order valence-corrected chi connectivity index (χ0v) is 20.3. The van der Waals surface area contributed by atoms with Gasteiger partial charge in [0.25, 0.3) is 0 Å². The van der Waals surface area contributed by atoms with E-state index in [1.54, 1.807) is 17.0 Å². The molecule has 180 valence electrons. The van der Waals surface area contributed by atoms with Gasteiger partial charge in [0.1, 0.15) is 6.54 Å². The summed E-state index contributed by atoms with van der Waals surface area (Å²) in [6, 6.07) is 7.45. The minimum absolute atomic E-state index is 0.0492. The van der Waals surface area contributed by atoms with Crippen LogP contribution in [0.5, 0.6) is 0 Å². The number of benzene rings is 1. The van der Waals surface area contributed by atoms with Crippen LogP contribution in [0.2, 0.25) is 0 Å². The quantitative estimate of drug-likeness (QED) is 0.503. The average Bonchev–Trinajstić information content (AvgIpc) is 2.91. The largest absolute Gasteiger partial charge is 0.465 e. The van der Waals surface area contributed by atoms with Gasteiger partial charge in [-0.3, -0.25) is 9.69 Å². The second-order valence-electron chi connectivity index (χ2n) is 8.65. The molecule has 1 aliphatic heterocycles. The van der Waals surface area contributed by atoms with Gasteiger partial charge in [-0.15, -0.1) is 0 Å². The first kappa shape index (κ1) is 26.1. The highest BCUT2D eigenvalue weighted by atomic mass is 32.2. The van der Waals surface area contributed by atoms with E-state index in [0.29, 0.717) is 37.0 Å². The summed E-state index contributed by atoms with van der Waals surface area (Å²) in [5, 5.41) is 9.12. The van der Waals surface area contributed by atoms with Gasteiger partial charge in [0.05, 0.1) is 4.90 Å². The van der Waals surface area contributed by atoms with Crippen molar-refractivity contribution in [1.29, 1.82) is 0 Å². The number of hydrogen-bond acceptors (Lipinski definition) is 5. The van der Waals surface area contributed by atoms with Gasteiger partial charge in [-0.2, -0.15) is 0 Å². The van der Waals surface area contributed by atoms with Gasteiger partial charge < -0.3 is 14.9 Å². The number of hydrogen-bond donors (Lipinski definition) is 1. The first-order valence-electron chi connectivity index (χ1n) is 11.4. The molecule has 0 aliphatic carbocycles. The zero-order valence-electron chi connectivity index (χ0n) is 19.5. The maximum Gasteiger partial charge on any atom is 0.407 e. The van der Waals surface area contributed by atoms with E-state index >= 15 is 0 Å². The molecule has 8 nitrogen and oxygen atoms in total. The van der Waals surface area contributed by atoms with Crippen molar-refractivity contribution in [2.24, 2.45) is 0 Å². The number of amides is 2. The normalized spacial score (nSPS) is 16.3. The fourth-order valence-electron chi connectivity index (χ4n) is 4.12. The summed E-state index contributed by atoms with van der Waals surface area (Å²) >= 11 is 0. The lowest BCUT2D eigenvalue weighted by atomic mass is 10.1. The lowest BCUT2D eigenvalue weighted by Crippen LogP contribution is -2.39. The molecule has 1 heterocycles. The van der Waals surface area contributed by atoms with Crippen LogP contribution in [0.4, 0.5) is 4.79 Å². The van der Waals surface area contributed by atoms with E-state index in [-0.39, 0.29) is 12.5 Å². The third kappa shape index (κ3) is 8.09. The molecule has 0 saturated carbocycles. The second kappa shape index (κ2) is 12.2. The van der Waals surface area contributed by atoms with Gasteiger partial charge in [-0.25, -0.2) is 13.2 Å². The van der Waals surface area contributed by atoms with Gasteiger partial charge in [0, 0.05) is 31.9 Å². The molecular formula is C23H37N3O5S. The molecule has 9 heteroatoms. The van der Waals surface area contributed by atoms with E-state index < -0.39 is 15.9 Å². The zero-order chi connectivity index (χ0) is 23.7. The Morgan fingerprint density at radius 3 is 2.44 bits per heavy atom. The lowest BCUT2D eigenvalue weighted by Gasteiger charge is -2.29. The molecule has 0 aromatic heterocycles. The van der Waals surface area contributed by atoms with Crippen LogP contribution >= 0.6 is 0 Å². The van der Waals surface area contributed by atoms with Crippen molar-refractivity contribution in [1.82, 2.24) is 14.7 Å². The Morgan fingerprint density at radius 1 is 1.16 bits per heavy atom. The second-order valence-corrected chi connectivity index (χ2v) is 10.7. The Morgan fingerprint density at radius 2 is 1.84 bits per heavy atom. The lowest BCUT2D eigenvalue weighted by molar-refractivity contribution is -0.131. The predicted octanol–water partition coefficient (Wildman–Crippen LogP) is 2.73.